The summed E-state index contributed by atoms with van der Waals surface area (Å²) in [5.41, 5.74) is 1.72. The van der Waals surface area contributed by atoms with Crippen LogP contribution in [-0.4, -0.2) is 37.7 Å². The summed E-state index contributed by atoms with van der Waals surface area (Å²) in [7, 11) is 1.64. The Morgan fingerprint density at radius 1 is 1.12 bits per heavy atom. The molecule has 2 rings (SSSR count). The van der Waals surface area contributed by atoms with Crippen LogP contribution >= 0.6 is 0 Å². The summed E-state index contributed by atoms with van der Waals surface area (Å²) >= 11 is 0. The zero-order chi connectivity index (χ0) is 17.2. The fourth-order valence-electron chi connectivity index (χ4n) is 2.29. The van der Waals surface area contributed by atoms with Gasteiger partial charge in [-0.25, -0.2) is 0 Å². The summed E-state index contributed by atoms with van der Waals surface area (Å²) in [6.45, 7) is 5.65. The van der Waals surface area contributed by atoms with Gasteiger partial charge in [0, 0.05) is 25.8 Å². The SMILES string of the molecule is C=CCOc1ccc(C(=O)N(CCOC)Cc2ccccc2)cc1. The lowest BCUT2D eigenvalue weighted by Gasteiger charge is -2.22. The summed E-state index contributed by atoms with van der Waals surface area (Å²) in [5.74, 6) is 0.698. The van der Waals surface area contributed by atoms with E-state index in [-0.39, 0.29) is 5.91 Å². The quantitative estimate of drug-likeness (QED) is 0.662. The molecule has 0 N–H and O–H groups in total. The molecule has 0 aliphatic heterocycles. The van der Waals surface area contributed by atoms with Gasteiger partial charge in [0.15, 0.2) is 0 Å². The third-order valence-electron chi connectivity index (χ3n) is 3.54. The summed E-state index contributed by atoms with van der Waals surface area (Å²) in [6.07, 6.45) is 1.69. The Balaban J connectivity index is 2.09. The van der Waals surface area contributed by atoms with E-state index >= 15 is 0 Å². The first kappa shape index (κ1) is 17.8. The molecule has 0 fully saturated rings. The number of carbonyl (C=O) groups excluding carboxylic acids is 1. The molecule has 0 saturated carbocycles. The van der Waals surface area contributed by atoms with Crippen LogP contribution in [0.3, 0.4) is 0 Å². The van der Waals surface area contributed by atoms with Crippen molar-refractivity contribution in [1.29, 1.82) is 0 Å². The first-order valence-corrected chi connectivity index (χ1v) is 7.90. The first-order valence-electron chi connectivity index (χ1n) is 7.90. The lowest BCUT2D eigenvalue weighted by molar-refractivity contribution is 0.0680. The Morgan fingerprint density at radius 3 is 2.46 bits per heavy atom. The maximum atomic E-state index is 12.8. The zero-order valence-electron chi connectivity index (χ0n) is 14.0. The van der Waals surface area contributed by atoms with E-state index in [9.17, 15) is 4.79 Å². The van der Waals surface area contributed by atoms with Crippen LogP contribution in [-0.2, 0) is 11.3 Å². The molecular weight excluding hydrogens is 302 g/mol. The highest BCUT2D eigenvalue weighted by molar-refractivity contribution is 5.94. The fourth-order valence-corrected chi connectivity index (χ4v) is 2.29. The molecule has 4 heteroatoms. The molecule has 0 aromatic heterocycles. The standard InChI is InChI=1S/C20H23NO3/c1-3-14-24-19-11-9-18(10-12-19)20(22)21(13-15-23-2)16-17-7-5-4-6-8-17/h3-12H,1,13-16H2,2H3. The van der Waals surface area contributed by atoms with Crippen LogP contribution < -0.4 is 4.74 Å². The van der Waals surface area contributed by atoms with Crippen LogP contribution in [0.1, 0.15) is 15.9 Å². The van der Waals surface area contributed by atoms with Crippen molar-refractivity contribution in [3.63, 3.8) is 0 Å². The molecule has 0 aliphatic carbocycles. The number of ether oxygens (including phenoxy) is 2. The molecule has 0 saturated heterocycles. The summed E-state index contributed by atoms with van der Waals surface area (Å²) in [4.78, 5) is 14.6. The van der Waals surface area contributed by atoms with Gasteiger partial charge in [-0.3, -0.25) is 4.79 Å². The average Bonchev–Trinajstić information content (AvgIpc) is 2.64. The Bertz CT molecular complexity index is 638. The van der Waals surface area contributed by atoms with Gasteiger partial charge in [0.2, 0.25) is 0 Å². The molecule has 0 aliphatic rings. The van der Waals surface area contributed by atoms with E-state index < -0.39 is 0 Å². The van der Waals surface area contributed by atoms with Crippen LogP contribution in [0, 0.1) is 0 Å². The van der Waals surface area contributed by atoms with E-state index in [0.717, 1.165) is 11.3 Å². The lowest BCUT2D eigenvalue weighted by Crippen LogP contribution is -2.33. The second-order valence-corrected chi connectivity index (χ2v) is 5.33. The summed E-state index contributed by atoms with van der Waals surface area (Å²) in [6, 6.07) is 17.1. The second-order valence-electron chi connectivity index (χ2n) is 5.33. The molecule has 2 aromatic carbocycles. The molecule has 0 spiro atoms. The number of nitrogens with zero attached hydrogens (tertiary/aromatic N) is 1. The highest BCUT2D eigenvalue weighted by atomic mass is 16.5. The minimum Gasteiger partial charge on any atom is -0.490 e. The molecular formula is C20H23NO3. The van der Waals surface area contributed by atoms with Crippen LogP contribution in [0.5, 0.6) is 5.75 Å². The summed E-state index contributed by atoms with van der Waals surface area (Å²) < 4.78 is 10.6. The Morgan fingerprint density at radius 2 is 1.83 bits per heavy atom. The number of hydrogen-bond acceptors (Lipinski definition) is 3. The molecule has 126 valence electrons. The predicted octanol–water partition coefficient (Wildman–Crippen LogP) is 3.54. The average molecular weight is 325 g/mol. The topological polar surface area (TPSA) is 38.8 Å². The molecule has 24 heavy (non-hydrogen) atoms. The van der Waals surface area contributed by atoms with Gasteiger partial charge >= 0.3 is 0 Å². The highest BCUT2D eigenvalue weighted by Gasteiger charge is 2.16. The minimum absolute atomic E-state index is 0.0221. The number of methoxy groups -OCH3 is 1. The van der Waals surface area contributed by atoms with Crippen molar-refractivity contribution in [3.05, 3.63) is 78.4 Å². The van der Waals surface area contributed by atoms with Crippen LogP contribution in [0.25, 0.3) is 0 Å². The van der Waals surface area contributed by atoms with Crippen molar-refractivity contribution in [1.82, 2.24) is 4.90 Å². The van der Waals surface area contributed by atoms with E-state index in [4.69, 9.17) is 9.47 Å². The van der Waals surface area contributed by atoms with Gasteiger partial charge in [0.05, 0.1) is 6.61 Å². The van der Waals surface area contributed by atoms with E-state index in [2.05, 4.69) is 6.58 Å². The molecule has 2 aromatic rings. The van der Waals surface area contributed by atoms with Crippen molar-refractivity contribution in [2.45, 2.75) is 6.54 Å². The zero-order valence-corrected chi connectivity index (χ0v) is 14.0. The van der Waals surface area contributed by atoms with Gasteiger partial charge in [-0.05, 0) is 29.8 Å². The molecule has 0 unspecified atom stereocenters. The number of rotatable bonds is 9. The van der Waals surface area contributed by atoms with Gasteiger partial charge in [0.1, 0.15) is 12.4 Å². The Labute approximate surface area is 143 Å². The van der Waals surface area contributed by atoms with Crippen LogP contribution in [0.15, 0.2) is 67.3 Å². The monoisotopic (exact) mass is 325 g/mol. The van der Waals surface area contributed by atoms with Gasteiger partial charge in [-0.15, -0.1) is 0 Å². The number of benzene rings is 2. The fraction of sp³-hybridized carbons (Fsp3) is 0.250. The van der Waals surface area contributed by atoms with Gasteiger partial charge < -0.3 is 14.4 Å². The number of amides is 1. The van der Waals surface area contributed by atoms with E-state index in [1.165, 1.54) is 0 Å². The van der Waals surface area contributed by atoms with E-state index in [1.54, 1.807) is 42.4 Å². The Kier molecular flexibility index (Phi) is 7.05. The normalized spacial score (nSPS) is 10.2. The summed E-state index contributed by atoms with van der Waals surface area (Å²) in [5, 5.41) is 0. The number of carbonyl (C=O) groups is 1. The molecule has 4 nitrogen and oxygen atoms in total. The van der Waals surface area contributed by atoms with Crippen molar-refractivity contribution < 1.29 is 14.3 Å². The van der Waals surface area contributed by atoms with Crippen molar-refractivity contribution in [2.24, 2.45) is 0 Å². The molecule has 1 amide bonds. The smallest absolute Gasteiger partial charge is 0.254 e. The van der Waals surface area contributed by atoms with E-state index in [0.29, 0.717) is 31.9 Å². The largest absolute Gasteiger partial charge is 0.490 e. The maximum Gasteiger partial charge on any atom is 0.254 e. The number of hydrogen-bond donors (Lipinski definition) is 0. The minimum atomic E-state index is -0.0221. The first-order chi connectivity index (χ1) is 11.7. The predicted molar refractivity (Wildman–Crippen MR) is 95.2 cm³/mol. The maximum absolute atomic E-state index is 12.8. The molecule has 0 heterocycles. The molecule has 0 radical (unpaired) electrons. The van der Waals surface area contributed by atoms with Gasteiger partial charge in [0.25, 0.3) is 5.91 Å². The van der Waals surface area contributed by atoms with Crippen molar-refractivity contribution in [2.75, 3.05) is 26.9 Å². The Hall–Kier alpha value is -2.59. The van der Waals surface area contributed by atoms with E-state index in [1.807, 2.05) is 30.3 Å². The third-order valence-corrected chi connectivity index (χ3v) is 3.54. The van der Waals surface area contributed by atoms with Gasteiger partial charge in [-0.1, -0.05) is 43.0 Å². The molecule has 0 atom stereocenters. The van der Waals surface area contributed by atoms with Crippen LogP contribution in [0.4, 0.5) is 0 Å². The van der Waals surface area contributed by atoms with Gasteiger partial charge in [-0.2, -0.15) is 0 Å². The second kappa shape index (κ2) is 9.53. The van der Waals surface area contributed by atoms with Crippen molar-refractivity contribution >= 4 is 5.91 Å². The van der Waals surface area contributed by atoms with Crippen molar-refractivity contribution in [3.8, 4) is 5.75 Å². The highest BCUT2D eigenvalue weighted by Crippen LogP contribution is 2.15. The molecule has 0 bridgehead atoms. The van der Waals surface area contributed by atoms with Crippen LogP contribution in [0.2, 0.25) is 0 Å². The lowest BCUT2D eigenvalue weighted by atomic mass is 10.1. The third kappa shape index (κ3) is 5.25.